The first-order valence-corrected chi connectivity index (χ1v) is 5.30. The molecule has 0 aliphatic heterocycles. The molecule has 1 aromatic rings. The molecule has 0 amide bonds. The summed E-state index contributed by atoms with van der Waals surface area (Å²) >= 11 is 0. The van der Waals surface area contributed by atoms with E-state index >= 15 is 0 Å². The second kappa shape index (κ2) is 5.71. The van der Waals surface area contributed by atoms with Crippen molar-refractivity contribution in [1.29, 1.82) is 0 Å². The number of esters is 1. The average Bonchev–Trinajstić information content (AvgIpc) is 2.28. The third-order valence-corrected chi connectivity index (χ3v) is 2.31. The summed E-state index contributed by atoms with van der Waals surface area (Å²) in [5, 5.41) is 0. The molecule has 0 aliphatic carbocycles. The summed E-state index contributed by atoms with van der Waals surface area (Å²) in [5.74, 6) is -2.19. The third-order valence-electron chi connectivity index (χ3n) is 2.31. The van der Waals surface area contributed by atoms with E-state index in [4.69, 9.17) is 0 Å². The maximum atomic E-state index is 12.1. The molecular weight excluding hydrogens is 245 g/mol. The molecule has 2 nitrogen and oxygen atoms in total. The van der Waals surface area contributed by atoms with E-state index in [2.05, 4.69) is 11.3 Å². The van der Waals surface area contributed by atoms with E-state index in [0.29, 0.717) is 5.56 Å². The normalized spacial score (nSPS) is 12.9. The van der Waals surface area contributed by atoms with Gasteiger partial charge in [0, 0.05) is 6.42 Å². The van der Waals surface area contributed by atoms with E-state index in [1.54, 1.807) is 24.3 Å². The van der Waals surface area contributed by atoms with Crippen molar-refractivity contribution < 1.29 is 22.7 Å². The smallest absolute Gasteiger partial charge is 0.451 e. The number of rotatable bonds is 4. The number of hydrogen-bond donors (Lipinski definition) is 0. The number of carbonyl (C=O) groups excluding carboxylic acids is 1. The lowest BCUT2D eigenvalue weighted by atomic mass is 10.0. The zero-order valence-corrected chi connectivity index (χ0v) is 9.83. The van der Waals surface area contributed by atoms with Gasteiger partial charge in [-0.2, -0.15) is 13.2 Å². The van der Waals surface area contributed by atoms with Crippen LogP contribution in [0.1, 0.15) is 23.7 Å². The molecule has 0 saturated heterocycles. The van der Waals surface area contributed by atoms with Gasteiger partial charge in [-0.1, -0.05) is 35.9 Å². The summed E-state index contributed by atoms with van der Waals surface area (Å²) in [6.45, 7) is 5.30. The van der Waals surface area contributed by atoms with Crippen LogP contribution in [0.4, 0.5) is 13.2 Å². The number of aryl methyl sites for hydroxylation is 1. The van der Waals surface area contributed by atoms with Gasteiger partial charge in [-0.05, 0) is 12.5 Å². The van der Waals surface area contributed by atoms with Crippen LogP contribution < -0.4 is 0 Å². The molecule has 1 aromatic carbocycles. The summed E-state index contributed by atoms with van der Waals surface area (Å²) in [6, 6.07) is 6.75. The summed E-state index contributed by atoms with van der Waals surface area (Å²) in [7, 11) is 0. The van der Waals surface area contributed by atoms with Crippen molar-refractivity contribution in [3.63, 3.8) is 0 Å². The summed E-state index contributed by atoms with van der Waals surface area (Å²) in [6.07, 6.45) is -4.40. The van der Waals surface area contributed by atoms with Crippen molar-refractivity contribution in [2.24, 2.45) is 0 Å². The lowest BCUT2D eigenvalue weighted by Gasteiger charge is -2.17. The van der Waals surface area contributed by atoms with E-state index in [-0.39, 0.29) is 6.42 Å². The van der Waals surface area contributed by atoms with Gasteiger partial charge in [-0.15, -0.1) is 6.58 Å². The molecule has 0 radical (unpaired) electrons. The second-order valence-corrected chi connectivity index (χ2v) is 3.83. The zero-order valence-electron chi connectivity index (χ0n) is 9.83. The van der Waals surface area contributed by atoms with Crippen LogP contribution in [-0.2, 0) is 9.53 Å². The fraction of sp³-hybridized carbons (Fsp3) is 0.308. The van der Waals surface area contributed by atoms with Crippen LogP contribution >= 0.6 is 0 Å². The predicted octanol–water partition coefficient (Wildman–Crippen LogP) is 3.72. The molecule has 0 bridgehead atoms. The van der Waals surface area contributed by atoms with Gasteiger partial charge in [0.15, 0.2) is 0 Å². The van der Waals surface area contributed by atoms with Gasteiger partial charge >= 0.3 is 12.1 Å². The van der Waals surface area contributed by atoms with Crippen LogP contribution in [-0.4, -0.2) is 12.1 Å². The van der Waals surface area contributed by atoms with Crippen LogP contribution in [0.5, 0.6) is 0 Å². The molecule has 0 aliphatic rings. The van der Waals surface area contributed by atoms with Gasteiger partial charge in [0.1, 0.15) is 6.10 Å². The number of hydrogen-bond acceptors (Lipinski definition) is 2. The molecule has 0 fully saturated rings. The zero-order chi connectivity index (χ0) is 13.8. The number of benzene rings is 1. The Hall–Kier alpha value is -1.78. The topological polar surface area (TPSA) is 26.3 Å². The van der Waals surface area contributed by atoms with Gasteiger partial charge in [-0.3, -0.25) is 0 Å². The summed E-state index contributed by atoms with van der Waals surface area (Å²) in [5.41, 5.74) is 1.48. The van der Waals surface area contributed by atoms with Crippen LogP contribution in [0.25, 0.3) is 0 Å². The Bertz CT molecular complexity index is 421. The minimum Gasteiger partial charge on any atom is -0.451 e. The maximum Gasteiger partial charge on any atom is 0.490 e. The predicted molar refractivity (Wildman–Crippen MR) is 60.9 cm³/mol. The number of ether oxygens (including phenoxy) is 1. The molecule has 1 unspecified atom stereocenters. The molecule has 0 aromatic heterocycles. The van der Waals surface area contributed by atoms with E-state index in [9.17, 15) is 18.0 Å². The Morgan fingerprint density at radius 1 is 1.39 bits per heavy atom. The molecule has 0 spiro atoms. The summed E-state index contributed by atoms with van der Waals surface area (Å²) in [4.78, 5) is 10.8. The van der Waals surface area contributed by atoms with Crippen molar-refractivity contribution in [2.45, 2.75) is 25.6 Å². The highest BCUT2D eigenvalue weighted by Gasteiger charge is 2.42. The lowest BCUT2D eigenvalue weighted by molar-refractivity contribution is -0.205. The third kappa shape index (κ3) is 3.91. The van der Waals surface area contributed by atoms with Crippen molar-refractivity contribution in [2.75, 3.05) is 0 Å². The molecular formula is C13H13F3O2. The van der Waals surface area contributed by atoms with E-state index in [0.717, 1.165) is 5.56 Å². The Morgan fingerprint density at radius 3 is 2.39 bits per heavy atom. The quantitative estimate of drug-likeness (QED) is 0.607. The van der Waals surface area contributed by atoms with Crippen molar-refractivity contribution >= 4 is 5.97 Å². The molecule has 0 saturated carbocycles. The maximum absolute atomic E-state index is 12.1. The van der Waals surface area contributed by atoms with E-state index in [1.165, 1.54) is 6.08 Å². The minimum absolute atomic E-state index is 0.130. The Balaban J connectivity index is 2.86. The van der Waals surface area contributed by atoms with Crippen molar-refractivity contribution in [1.82, 2.24) is 0 Å². The molecule has 18 heavy (non-hydrogen) atoms. The molecule has 1 rings (SSSR count). The molecule has 98 valence electrons. The number of halogens is 3. The largest absolute Gasteiger partial charge is 0.490 e. The first-order valence-electron chi connectivity index (χ1n) is 5.30. The standard InChI is InChI=1S/C13H13F3O2/c1-3-4-11(18-12(17)13(14,15)16)10-7-5-9(2)6-8-10/h3,5-8,11H,1,4H2,2H3. The fourth-order valence-electron chi connectivity index (χ4n) is 1.38. The van der Waals surface area contributed by atoms with Crippen molar-refractivity contribution in [3.8, 4) is 0 Å². The SMILES string of the molecule is C=CCC(OC(=O)C(F)(F)F)c1ccc(C)cc1. The molecule has 5 heteroatoms. The summed E-state index contributed by atoms with van der Waals surface area (Å²) < 4.78 is 40.8. The van der Waals surface area contributed by atoms with Gasteiger partial charge in [0.25, 0.3) is 0 Å². The first-order chi connectivity index (χ1) is 8.34. The highest BCUT2D eigenvalue weighted by Crippen LogP contribution is 2.26. The Morgan fingerprint density at radius 2 is 1.94 bits per heavy atom. The van der Waals surface area contributed by atoms with Gasteiger partial charge in [-0.25, -0.2) is 4.79 Å². The molecule has 0 heterocycles. The van der Waals surface area contributed by atoms with Crippen molar-refractivity contribution in [3.05, 3.63) is 48.0 Å². The highest BCUT2D eigenvalue weighted by molar-refractivity contribution is 5.75. The first kappa shape index (κ1) is 14.3. The number of alkyl halides is 3. The van der Waals surface area contributed by atoms with E-state index < -0.39 is 18.2 Å². The van der Waals surface area contributed by atoms with Crippen LogP contribution in [0.3, 0.4) is 0 Å². The van der Waals surface area contributed by atoms with Crippen LogP contribution in [0, 0.1) is 6.92 Å². The Kier molecular flexibility index (Phi) is 4.53. The lowest BCUT2D eigenvalue weighted by Crippen LogP contribution is -2.27. The van der Waals surface area contributed by atoms with E-state index in [1.807, 2.05) is 6.92 Å². The number of carbonyl (C=O) groups is 1. The highest BCUT2D eigenvalue weighted by atomic mass is 19.4. The molecule has 0 N–H and O–H groups in total. The fourth-order valence-corrected chi connectivity index (χ4v) is 1.38. The Labute approximate surface area is 103 Å². The van der Waals surface area contributed by atoms with Gasteiger partial charge in [0.2, 0.25) is 0 Å². The molecule has 1 atom stereocenters. The van der Waals surface area contributed by atoms with Gasteiger partial charge in [0.05, 0.1) is 0 Å². The second-order valence-electron chi connectivity index (χ2n) is 3.83. The van der Waals surface area contributed by atoms with Crippen LogP contribution in [0.2, 0.25) is 0 Å². The van der Waals surface area contributed by atoms with Gasteiger partial charge < -0.3 is 4.74 Å². The minimum atomic E-state index is -4.98. The average molecular weight is 258 g/mol. The van der Waals surface area contributed by atoms with Crippen LogP contribution in [0.15, 0.2) is 36.9 Å². The monoisotopic (exact) mass is 258 g/mol.